The summed E-state index contributed by atoms with van der Waals surface area (Å²) < 4.78 is 14.1. The van der Waals surface area contributed by atoms with Crippen LogP contribution in [0.4, 0.5) is 4.39 Å². The molecule has 4 bridgehead atoms. The number of hydrogen-bond acceptors (Lipinski definition) is 1. The van der Waals surface area contributed by atoms with Crippen molar-refractivity contribution in [3.8, 4) is 0 Å². The molecule has 2 heterocycles. The number of carbonyl (C=O) groups is 1. The van der Waals surface area contributed by atoms with Crippen LogP contribution in [-0.2, 0) is 0 Å². The van der Waals surface area contributed by atoms with Gasteiger partial charge in [-0.2, -0.15) is 0 Å². The first-order valence-corrected chi connectivity index (χ1v) is 8.24. The van der Waals surface area contributed by atoms with Crippen LogP contribution in [0.1, 0.15) is 42.5 Å². The van der Waals surface area contributed by atoms with E-state index in [1.807, 2.05) is 4.90 Å². The molecule has 0 N–H and O–H groups in total. The molecule has 1 aromatic rings. The number of nitrogens with zero attached hydrogens (tertiary/aromatic N) is 1. The molecule has 0 radical (unpaired) electrons. The Morgan fingerprint density at radius 2 is 1.76 bits per heavy atom. The average Bonchev–Trinajstić information content (AvgIpc) is 2.62. The lowest BCUT2D eigenvalue weighted by Crippen LogP contribution is -2.42. The summed E-state index contributed by atoms with van der Waals surface area (Å²) in [6.07, 6.45) is 5.98. The van der Waals surface area contributed by atoms with E-state index in [0.29, 0.717) is 5.92 Å². The van der Waals surface area contributed by atoms with Gasteiger partial charge in [0.05, 0.1) is 10.6 Å². The second-order valence-electron chi connectivity index (χ2n) is 6.98. The fourth-order valence-electron chi connectivity index (χ4n) is 4.88. The minimum atomic E-state index is -0.503. The molecule has 2 nitrogen and oxygen atoms in total. The minimum absolute atomic E-state index is 0.0559. The predicted octanol–water partition coefficient (Wildman–Crippen LogP) is 4.13. The molecule has 112 valence electrons. The molecule has 2 aliphatic heterocycles. The maximum absolute atomic E-state index is 14.1. The lowest BCUT2D eigenvalue weighted by Gasteiger charge is -2.39. The van der Waals surface area contributed by atoms with Gasteiger partial charge in [0.25, 0.3) is 5.91 Å². The number of amides is 1. The summed E-state index contributed by atoms with van der Waals surface area (Å²) in [6, 6.07) is 4.74. The van der Waals surface area contributed by atoms with Crippen molar-refractivity contribution < 1.29 is 9.18 Å². The van der Waals surface area contributed by atoms with E-state index in [9.17, 15) is 9.18 Å². The number of halogens is 2. The normalized spacial score (nSPS) is 34.1. The molecule has 21 heavy (non-hydrogen) atoms. The van der Waals surface area contributed by atoms with Gasteiger partial charge in [0.15, 0.2) is 0 Å². The molecule has 1 aromatic carbocycles. The molecule has 1 amide bonds. The Bertz CT molecular complexity index is 556. The summed E-state index contributed by atoms with van der Waals surface area (Å²) in [5, 5.41) is 0.226. The smallest absolute Gasteiger partial charge is 0.258 e. The topological polar surface area (TPSA) is 20.3 Å². The molecule has 2 saturated heterocycles. The molecule has 2 unspecified atom stereocenters. The number of hydrogen-bond donors (Lipinski definition) is 0. The van der Waals surface area contributed by atoms with Gasteiger partial charge in [-0.05, 0) is 62.0 Å². The molecule has 4 aliphatic rings. The average molecular weight is 308 g/mol. The van der Waals surface area contributed by atoms with Crippen molar-refractivity contribution in [2.24, 2.45) is 17.8 Å². The highest BCUT2D eigenvalue weighted by atomic mass is 35.5. The second kappa shape index (κ2) is 4.98. The highest BCUT2D eigenvalue weighted by Crippen LogP contribution is 2.47. The van der Waals surface area contributed by atoms with Gasteiger partial charge in [-0.15, -0.1) is 0 Å². The van der Waals surface area contributed by atoms with Crippen molar-refractivity contribution in [3.05, 3.63) is 34.6 Å². The van der Waals surface area contributed by atoms with Crippen LogP contribution < -0.4 is 0 Å². The van der Waals surface area contributed by atoms with Crippen LogP contribution in [0.5, 0.6) is 0 Å². The number of fused-ring (bicyclic) bond motifs is 1. The fraction of sp³-hybridized carbons (Fsp3) is 0.588. The molecule has 5 rings (SSSR count). The summed E-state index contributed by atoms with van der Waals surface area (Å²) in [5.74, 6) is 1.41. The first-order chi connectivity index (χ1) is 10.1. The summed E-state index contributed by atoms with van der Waals surface area (Å²) in [5.41, 5.74) is 0.0559. The van der Waals surface area contributed by atoms with Crippen molar-refractivity contribution in [1.29, 1.82) is 0 Å². The molecule has 2 atom stereocenters. The van der Waals surface area contributed by atoms with Crippen LogP contribution in [0.3, 0.4) is 0 Å². The lowest BCUT2D eigenvalue weighted by molar-refractivity contribution is 0.0628. The van der Waals surface area contributed by atoms with E-state index in [1.54, 1.807) is 12.1 Å². The number of benzene rings is 1. The highest BCUT2D eigenvalue weighted by Gasteiger charge is 2.44. The molecule has 2 aliphatic carbocycles. The molecule has 2 saturated carbocycles. The summed E-state index contributed by atoms with van der Waals surface area (Å²) in [4.78, 5) is 14.8. The van der Waals surface area contributed by atoms with E-state index < -0.39 is 5.82 Å². The predicted molar refractivity (Wildman–Crippen MR) is 79.8 cm³/mol. The van der Waals surface area contributed by atoms with Gasteiger partial charge in [-0.1, -0.05) is 17.7 Å². The third kappa shape index (κ3) is 2.26. The second-order valence-corrected chi connectivity index (χ2v) is 7.39. The van der Waals surface area contributed by atoms with Gasteiger partial charge in [0, 0.05) is 12.6 Å². The summed E-state index contributed by atoms with van der Waals surface area (Å²) in [7, 11) is 0. The first kappa shape index (κ1) is 13.6. The first-order valence-electron chi connectivity index (χ1n) is 7.86. The molecule has 0 spiro atoms. The quantitative estimate of drug-likeness (QED) is 0.764. The van der Waals surface area contributed by atoms with E-state index in [0.717, 1.165) is 31.2 Å². The van der Waals surface area contributed by atoms with Crippen LogP contribution in [0.15, 0.2) is 18.2 Å². The maximum atomic E-state index is 14.1. The zero-order valence-corrected chi connectivity index (χ0v) is 12.7. The molecular formula is C17H19ClFNO. The Morgan fingerprint density at radius 1 is 1.10 bits per heavy atom. The molecule has 4 heteroatoms. The number of carbonyl (C=O) groups excluding carboxylic acids is 1. The van der Waals surface area contributed by atoms with E-state index in [1.165, 1.54) is 25.3 Å². The van der Waals surface area contributed by atoms with Crippen molar-refractivity contribution >= 4 is 17.5 Å². The Labute approximate surface area is 129 Å². The lowest BCUT2D eigenvalue weighted by atomic mass is 9.68. The SMILES string of the molecule is O=C(c1c(F)cccc1Cl)N1CC2CC3CC(C2)CC1C3. The zero-order chi connectivity index (χ0) is 14.6. The third-order valence-corrected chi connectivity index (χ3v) is 5.86. The van der Waals surface area contributed by atoms with E-state index in [4.69, 9.17) is 11.6 Å². The fourth-order valence-corrected chi connectivity index (χ4v) is 5.12. The molecular weight excluding hydrogens is 289 g/mol. The van der Waals surface area contributed by atoms with Crippen molar-refractivity contribution in [2.75, 3.05) is 6.54 Å². The van der Waals surface area contributed by atoms with Crippen LogP contribution in [0.25, 0.3) is 0 Å². The monoisotopic (exact) mass is 307 g/mol. The molecule has 0 aromatic heterocycles. The van der Waals surface area contributed by atoms with Crippen LogP contribution in [-0.4, -0.2) is 23.4 Å². The standard InChI is InChI=1S/C17H19ClFNO/c18-14-2-1-3-15(19)16(14)17(21)20-9-12-5-10-4-11(6-12)8-13(20)7-10/h1-3,10-13H,4-9H2. The zero-order valence-electron chi connectivity index (χ0n) is 11.9. The maximum Gasteiger partial charge on any atom is 0.258 e. The van der Waals surface area contributed by atoms with Crippen molar-refractivity contribution in [1.82, 2.24) is 4.90 Å². The minimum Gasteiger partial charge on any atom is -0.335 e. The van der Waals surface area contributed by atoms with Gasteiger partial charge in [-0.25, -0.2) is 4.39 Å². The Kier molecular flexibility index (Phi) is 3.21. The van der Waals surface area contributed by atoms with Gasteiger partial charge in [-0.3, -0.25) is 4.79 Å². The summed E-state index contributed by atoms with van der Waals surface area (Å²) in [6.45, 7) is 0.779. The third-order valence-electron chi connectivity index (χ3n) is 5.54. The van der Waals surface area contributed by atoms with Crippen molar-refractivity contribution in [3.63, 3.8) is 0 Å². The van der Waals surface area contributed by atoms with Crippen molar-refractivity contribution in [2.45, 2.75) is 38.1 Å². The van der Waals surface area contributed by atoms with Gasteiger partial charge >= 0.3 is 0 Å². The Morgan fingerprint density at radius 3 is 2.43 bits per heavy atom. The largest absolute Gasteiger partial charge is 0.335 e. The highest BCUT2D eigenvalue weighted by molar-refractivity contribution is 6.33. The Hall–Kier alpha value is -1.09. The van der Waals surface area contributed by atoms with Crippen LogP contribution in [0.2, 0.25) is 5.02 Å². The van der Waals surface area contributed by atoms with Crippen LogP contribution in [0, 0.1) is 23.6 Å². The number of rotatable bonds is 1. The Balaban J connectivity index is 1.68. The van der Waals surface area contributed by atoms with Crippen LogP contribution >= 0.6 is 11.6 Å². The van der Waals surface area contributed by atoms with E-state index in [2.05, 4.69) is 0 Å². The van der Waals surface area contributed by atoms with Gasteiger partial charge in [0.2, 0.25) is 0 Å². The van der Waals surface area contributed by atoms with Gasteiger partial charge < -0.3 is 4.90 Å². The summed E-state index contributed by atoms with van der Waals surface area (Å²) >= 11 is 6.08. The van der Waals surface area contributed by atoms with E-state index in [-0.39, 0.29) is 22.5 Å². The van der Waals surface area contributed by atoms with Gasteiger partial charge in [0.1, 0.15) is 5.82 Å². The van der Waals surface area contributed by atoms with E-state index >= 15 is 0 Å². The molecule has 4 fully saturated rings.